The van der Waals surface area contributed by atoms with Crippen molar-refractivity contribution >= 4 is 17.6 Å². The number of nitrogens with one attached hydrogen (secondary N) is 1. The Kier molecular flexibility index (Phi) is 5.91. The lowest BCUT2D eigenvalue weighted by Crippen LogP contribution is -2.45. The molecule has 1 N–H and O–H groups in total. The van der Waals surface area contributed by atoms with E-state index in [1.165, 1.54) is 12.8 Å². The van der Waals surface area contributed by atoms with Gasteiger partial charge in [-0.1, -0.05) is 35.8 Å². The summed E-state index contributed by atoms with van der Waals surface area (Å²) in [5.41, 5.74) is 0.836. The Hall–Kier alpha value is -2.08. The number of nitrogens with zero attached hydrogens (tertiary/aromatic N) is 4. The van der Waals surface area contributed by atoms with Crippen molar-refractivity contribution in [1.82, 2.24) is 20.4 Å². The van der Waals surface area contributed by atoms with E-state index in [9.17, 15) is 0 Å². The van der Waals surface area contributed by atoms with Gasteiger partial charge in [-0.2, -0.15) is 4.98 Å². The highest BCUT2D eigenvalue weighted by Crippen LogP contribution is 2.20. The SMILES string of the molecule is CCNC(=NCc1nc(-c2cccc(Cl)c2)no1)N1CCC(C)CC1. The van der Waals surface area contributed by atoms with E-state index in [0.29, 0.717) is 23.3 Å². The van der Waals surface area contributed by atoms with Gasteiger partial charge in [0.15, 0.2) is 5.96 Å². The van der Waals surface area contributed by atoms with Crippen molar-refractivity contribution in [3.05, 3.63) is 35.2 Å². The molecule has 0 radical (unpaired) electrons. The monoisotopic (exact) mass is 361 g/mol. The van der Waals surface area contributed by atoms with Gasteiger partial charge in [-0.15, -0.1) is 0 Å². The molecule has 0 spiro atoms. The summed E-state index contributed by atoms with van der Waals surface area (Å²) in [6.45, 7) is 7.64. The lowest BCUT2D eigenvalue weighted by molar-refractivity contribution is 0.273. The predicted molar refractivity (Wildman–Crippen MR) is 99.5 cm³/mol. The Morgan fingerprint density at radius 1 is 1.40 bits per heavy atom. The molecule has 0 saturated carbocycles. The first-order valence-corrected chi connectivity index (χ1v) is 9.15. The third-order valence-electron chi connectivity index (χ3n) is 4.33. The van der Waals surface area contributed by atoms with Crippen LogP contribution in [0.1, 0.15) is 32.6 Å². The van der Waals surface area contributed by atoms with Crippen LogP contribution in [0.15, 0.2) is 33.8 Å². The fraction of sp³-hybridized carbons (Fsp3) is 0.500. The molecule has 0 atom stereocenters. The number of aliphatic imine (C=N–C) groups is 1. The smallest absolute Gasteiger partial charge is 0.248 e. The van der Waals surface area contributed by atoms with Crippen LogP contribution >= 0.6 is 11.6 Å². The molecule has 1 aliphatic heterocycles. The molecule has 1 aliphatic rings. The first-order valence-electron chi connectivity index (χ1n) is 8.77. The fourth-order valence-corrected chi connectivity index (χ4v) is 3.04. The van der Waals surface area contributed by atoms with E-state index in [0.717, 1.165) is 37.1 Å². The van der Waals surface area contributed by atoms with Crippen LogP contribution in [0.3, 0.4) is 0 Å². The molecule has 1 aromatic carbocycles. The summed E-state index contributed by atoms with van der Waals surface area (Å²) >= 11 is 6.01. The average Bonchev–Trinajstić information content (AvgIpc) is 3.08. The second-order valence-electron chi connectivity index (χ2n) is 6.36. The molecule has 0 bridgehead atoms. The van der Waals surface area contributed by atoms with E-state index in [1.807, 2.05) is 24.3 Å². The lowest BCUT2D eigenvalue weighted by Gasteiger charge is -2.32. The number of hydrogen-bond acceptors (Lipinski definition) is 4. The Balaban J connectivity index is 1.69. The maximum atomic E-state index is 6.01. The highest BCUT2D eigenvalue weighted by Gasteiger charge is 2.19. The summed E-state index contributed by atoms with van der Waals surface area (Å²) in [6, 6.07) is 7.41. The highest BCUT2D eigenvalue weighted by molar-refractivity contribution is 6.30. The Labute approximate surface area is 153 Å². The molecule has 1 aromatic heterocycles. The molecule has 25 heavy (non-hydrogen) atoms. The van der Waals surface area contributed by atoms with Gasteiger partial charge in [0.25, 0.3) is 0 Å². The maximum absolute atomic E-state index is 6.01. The number of rotatable bonds is 4. The summed E-state index contributed by atoms with van der Waals surface area (Å²) in [5.74, 6) is 2.73. The predicted octanol–water partition coefficient (Wildman–Crippen LogP) is 3.59. The fourth-order valence-electron chi connectivity index (χ4n) is 2.85. The zero-order valence-electron chi connectivity index (χ0n) is 14.7. The standard InChI is InChI=1S/C18H24ClN5O/c1-3-20-18(24-9-7-13(2)8-10-24)21-12-16-22-17(23-25-16)14-5-4-6-15(19)11-14/h4-6,11,13H,3,7-10,12H2,1-2H3,(H,20,21). The van der Waals surface area contributed by atoms with Gasteiger partial charge in [-0.25, -0.2) is 4.99 Å². The van der Waals surface area contributed by atoms with Crippen LogP contribution in [0.4, 0.5) is 0 Å². The third-order valence-corrected chi connectivity index (χ3v) is 4.57. The molecule has 0 unspecified atom stereocenters. The van der Waals surface area contributed by atoms with Crippen LogP contribution in [0.2, 0.25) is 5.02 Å². The second kappa shape index (κ2) is 8.34. The van der Waals surface area contributed by atoms with Gasteiger partial charge in [0, 0.05) is 30.2 Å². The molecule has 0 aliphatic carbocycles. The first-order chi connectivity index (χ1) is 12.2. The summed E-state index contributed by atoms with van der Waals surface area (Å²) in [6.07, 6.45) is 2.40. The number of benzene rings is 1. The van der Waals surface area contributed by atoms with Crippen molar-refractivity contribution in [3.63, 3.8) is 0 Å². The van der Waals surface area contributed by atoms with Gasteiger partial charge in [0.1, 0.15) is 6.54 Å². The Bertz CT molecular complexity index is 722. The number of likely N-dealkylation sites (tertiary alicyclic amines) is 1. The minimum Gasteiger partial charge on any atom is -0.357 e. The number of piperidine rings is 1. The van der Waals surface area contributed by atoms with Crippen molar-refractivity contribution in [3.8, 4) is 11.4 Å². The van der Waals surface area contributed by atoms with Crippen LogP contribution in [0.25, 0.3) is 11.4 Å². The van der Waals surface area contributed by atoms with E-state index in [2.05, 4.69) is 39.2 Å². The lowest BCUT2D eigenvalue weighted by atomic mass is 10.00. The molecular weight excluding hydrogens is 338 g/mol. The summed E-state index contributed by atoms with van der Waals surface area (Å²) < 4.78 is 5.33. The van der Waals surface area contributed by atoms with Crippen LogP contribution in [-0.4, -0.2) is 40.6 Å². The molecule has 134 valence electrons. The number of halogens is 1. The van der Waals surface area contributed by atoms with Gasteiger partial charge in [0.2, 0.25) is 11.7 Å². The maximum Gasteiger partial charge on any atom is 0.248 e. The molecule has 1 fully saturated rings. The highest BCUT2D eigenvalue weighted by atomic mass is 35.5. The molecule has 2 heterocycles. The molecule has 3 rings (SSSR count). The van der Waals surface area contributed by atoms with Crippen LogP contribution < -0.4 is 5.32 Å². The van der Waals surface area contributed by atoms with E-state index in [-0.39, 0.29) is 0 Å². The van der Waals surface area contributed by atoms with E-state index in [4.69, 9.17) is 16.1 Å². The molecule has 7 heteroatoms. The molecule has 1 saturated heterocycles. The van der Waals surface area contributed by atoms with Crippen LogP contribution in [-0.2, 0) is 6.54 Å². The molecule has 0 amide bonds. The minimum atomic E-state index is 0.363. The van der Waals surface area contributed by atoms with E-state index >= 15 is 0 Å². The number of hydrogen-bond donors (Lipinski definition) is 1. The van der Waals surface area contributed by atoms with Crippen LogP contribution in [0, 0.1) is 5.92 Å². The summed E-state index contributed by atoms with van der Waals surface area (Å²) in [5, 5.41) is 8.03. The second-order valence-corrected chi connectivity index (χ2v) is 6.80. The van der Waals surface area contributed by atoms with Crippen molar-refractivity contribution in [2.24, 2.45) is 10.9 Å². The summed E-state index contributed by atoms with van der Waals surface area (Å²) in [7, 11) is 0. The number of aromatic nitrogens is 2. The van der Waals surface area contributed by atoms with Gasteiger partial charge in [0.05, 0.1) is 0 Å². The average molecular weight is 362 g/mol. The van der Waals surface area contributed by atoms with Gasteiger partial charge >= 0.3 is 0 Å². The van der Waals surface area contributed by atoms with Crippen molar-refractivity contribution in [2.75, 3.05) is 19.6 Å². The van der Waals surface area contributed by atoms with Crippen molar-refractivity contribution < 1.29 is 4.52 Å². The zero-order chi connectivity index (χ0) is 17.6. The van der Waals surface area contributed by atoms with E-state index in [1.54, 1.807) is 0 Å². The van der Waals surface area contributed by atoms with Gasteiger partial charge < -0.3 is 14.7 Å². The zero-order valence-corrected chi connectivity index (χ0v) is 15.5. The Morgan fingerprint density at radius 2 is 2.20 bits per heavy atom. The normalized spacial score (nSPS) is 16.3. The topological polar surface area (TPSA) is 66.5 Å². The largest absolute Gasteiger partial charge is 0.357 e. The molecule has 6 nitrogen and oxygen atoms in total. The van der Waals surface area contributed by atoms with Crippen molar-refractivity contribution in [1.29, 1.82) is 0 Å². The van der Waals surface area contributed by atoms with Crippen molar-refractivity contribution in [2.45, 2.75) is 33.2 Å². The van der Waals surface area contributed by atoms with Crippen LogP contribution in [0.5, 0.6) is 0 Å². The number of guanidine groups is 1. The third kappa shape index (κ3) is 4.72. The summed E-state index contributed by atoms with van der Waals surface area (Å²) in [4.78, 5) is 11.4. The first kappa shape index (κ1) is 17.7. The molecular formula is C18H24ClN5O. The Morgan fingerprint density at radius 3 is 2.92 bits per heavy atom. The minimum absolute atomic E-state index is 0.363. The molecule has 2 aromatic rings. The van der Waals surface area contributed by atoms with E-state index < -0.39 is 0 Å². The van der Waals surface area contributed by atoms with Gasteiger partial charge in [-0.05, 0) is 37.8 Å². The van der Waals surface area contributed by atoms with Gasteiger partial charge in [-0.3, -0.25) is 0 Å². The quantitative estimate of drug-likeness (QED) is 0.665.